The lowest BCUT2D eigenvalue weighted by atomic mass is 10.2. The number of piperazine rings is 1. The van der Waals surface area contributed by atoms with Crippen molar-refractivity contribution in [1.82, 2.24) is 15.3 Å². The smallest absolute Gasteiger partial charge is 0.225 e. The highest BCUT2D eigenvalue weighted by Gasteiger charge is 2.12. The van der Waals surface area contributed by atoms with Crippen LogP contribution < -0.4 is 10.2 Å². The highest BCUT2D eigenvalue weighted by atomic mass is 16.1. The van der Waals surface area contributed by atoms with Crippen LogP contribution in [0.15, 0.2) is 12.4 Å². The van der Waals surface area contributed by atoms with Crippen molar-refractivity contribution in [2.24, 2.45) is 0 Å². The molecule has 1 N–H and O–H groups in total. The normalized spacial score (nSPS) is 16.5. The summed E-state index contributed by atoms with van der Waals surface area (Å²) < 4.78 is 0. The van der Waals surface area contributed by atoms with E-state index in [4.69, 9.17) is 0 Å². The average molecular weight is 206 g/mol. The number of hydrogen-bond acceptors (Lipinski definition) is 5. The number of rotatable bonds is 2. The number of anilines is 1. The van der Waals surface area contributed by atoms with Crippen LogP contribution in [0.2, 0.25) is 0 Å². The maximum absolute atomic E-state index is 11.0. The van der Waals surface area contributed by atoms with Gasteiger partial charge in [0.25, 0.3) is 0 Å². The monoisotopic (exact) mass is 206 g/mol. The van der Waals surface area contributed by atoms with Gasteiger partial charge in [-0.05, 0) is 6.92 Å². The second-order valence-corrected chi connectivity index (χ2v) is 3.56. The minimum Gasteiger partial charge on any atom is -0.338 e. The van der Waals surface area contributed by atoms with E-state index in [0.29, 0.717) is 11.5 Å². The van der Waals surface area contributed by atoms with E-state index in [9.17, 15) is 4.79 Å². The maximum Gasteiger partial charge on any atom is 0.225 e. The number of nitrogens with zero attached hydrogens (tertiary/aromatic N) is 3. The molecular weight excluding hydrogens is 192 g/mol. The molecule has 5 nitrogen and oxygen atoms in total. The lowest BCUT2D eigenvalue weighted by Gasteiger charge is -2.27. The van der Waals surface area contributed by atoms with Gasteiger partial charge in [0.15, 0.2) is 5.78 Å². The minimum absolute atomic E-state index is 0.00172. The molecule has 5 heteroatoms. The maximum atomic E-state index is 11.0. The lowest BCUT2D eigenvalue weighted by molar-refractivity contribution is 0.101. The zero-order valence-corrected chi connectivity index (χ0v) is 8.73. The number of ketones is 1. The molecule has 1 aromatic rings. The number of nitrogens with one attached hydrogen (secondary N) is 1. The molecule has 1 saturated heterocycles. The Kier molecular flexibility index (Phi) is 2.91. The van der Waals surface area contributed by atoms with Crippen molar-refractivity contribution in [2.45, 2.75) is 6.92 Å². The number of Topliss-reactive ketones (excluding diaryl/α,β-unsaturated/α-hetero) is 1. The van der Waals surface area contributed by atoms with Gasteiger partial charge in [-0.2, -0.15) is 0 Å². The number of carbonyl (C=O) groups is 1. The molecule has 0 unspecified atom stereocenters. The van der Waals surface area contributed by atoms with Crippen molar-refractivity contribution in [2.75, 3.05) is 31.1 Å². The van der Waals surface area contributed by atoms with Crippen LogP contribution in [0.1, 0.15) is 17.3 Å². The first-order valence-electron chi connectivity index (χ1n) is 5.06. The van der Waals surface area contributed by atoms with Crippen molar-refractivity contribution in [3.05, 3.63) is 18.0 Å². The van der Waals surface area contributed by atoms with Crippen LogP contribution in [0.3, 0.4) is 0 Å². The molecule has 80 valence electrons. The summed E-state index contributed by atoms with van der Waals surface area (Å²) in [5.74, 6) is 0.711. The van der Waals surface area contributed by atoms with E-state index >= 15 is 0 Å². The van der Waals surface area contributed by atoms with Gasteiger partial charge in [-0.25, -0.2) is 9.97 Å². The standard InChI is InChI=1S/C10H14N4O/c1-8(15)9-6-12-10(13-7-9)14-4-2-11-3-5-14/h6-7,11H,2-5H2,1H3. The highest BCUT2D eigenvalue weighted by molar-refractivity contribution is 5.93. The SMILES string of the molecule is CC(=O)c1cnc(N2CCNCC2)nc1. The Bertz CT molecular complexity index is 343. The predicted octanol–water partition coefficient (Wildman–Crippen LogP) is 0.0888. The quantitative estimate of drug-likeness (QED) is 0.695. The Morgan fingerprint density at radius 2 is 1.93 bits per heavy atom. The molecular formula is C10H14N4O. The van der Waals surface area contributed by atoms with Crippen molar-refractivity contribution < 1.29 is 4.79 Å². The Morgan fingerprint density at radius 1 is 1.33 bits per heavy atom. The molecule has 2 rings (SSSR count). The molecule has 1 fully saturated rings. The number of aromatic nitrogens is 2. The zero-order valence-electron chi connectivity index (χ0n) is 8.73. The van der Waals surface area contributed by atoms with Gasteiger partial charge in [0, 0.05) is 38.6 Å². The van der Waals surface area contributed by atoms with Crippen LogP contribution in [0.5, 0.6) is 0 Å². The highest BCUT2D eigenvalue weighted by Crippen LogP contribution is 2.07. The van der Waals surface area contributed by atoms with Crippen LogP contribution in [-0.2, 0) is 0 Å². The molecule has 2 heterocycles. The molecule has 0 aromatic carbocycles. The third-order valence-electron chi connectivity index (χ3n) is 2.44. The van der Waals surface area contributed by atoms with Crippen LogP contribution in [0.25, 0.3) is 0 Å². The molecule has 0 bridgehead atoms. The summed E-state index contributed by atoms with van der Waals surface area (Å²) in [7, 11) is 0. The Labute approximate surface area is 88.5 Å². The van der Waals surface area contributed by atoms with Crippen molar-refractivity contribution in [3.8, 4) is 0 Å². The molecule has 0 spiro atoms. The number of carbonyl (C=O) groups excluding carboxylic acids is 1. The molecule has 1 aromatic heterocycles. The van der Waals surface area contributed by atoms with Crippen LogP contribution >= 0.6 is 0 Å². The van der Waals surface area contributed by atoms with Gasteiger partial charge in [0.2, 0.25) is 5.95 Å². The number of hydrogen-bond donors (Lipinski definition) is 1. The van der Waals surface area contributed by atoms with E-state index < -0.39 is 0 Å². The van der Waals surface area contributed by atoms with Gasteiger partial charge in [-0.3, -0.25) is 4.79 Å². The zero-order chi connectivity index (χ0) is 10.7. The Balaban J connectivity index is 2.11. The van der Waals surface area contributed by atoms with Gasteiger partial charge < -0.3 is 10.2 Å². The van der Waals surface area contributed by atoms with Gasteiger partial charge in [-0.15, -0.1) is 0 Å². The largest absolute Gasteiger partial charge is 0.338 e. The average Bonchev–Trinajstić information content (AvgIpc) is 2.30. The minimum atomic E-state index is 0.00172. The van der Waals surface area contributed by atoms with E-state index in [1.165, 1.54) is 6.92 Å². The van der Waals surface area contributed by atoms with E-state index in [-0.39, 0.29) is 5.78 Å². The summed E-state index contributed by atoms with van der Waals surface area (Å²) in [5, 5.41) is 3.26. The first-order chi connectivity index (χ1) is 7.27. The summed E-state index contributed by atoms with van der Waals surface area (Å²) in [5.41, 5.74) is 0.564. The predicted molar refractivity (Wildman–Crippen MR) is 57.1 cm³/mol. The van der Waals surface area contributed by atoms with Crippen molar-refractivity contribution in [3.63, 3.8) is 0 Å². The van der Waals surface area contributed by atoms with Gasteiger partial charge in [0.1, 0.15) is 0 Å². The summed E-state index contributed by atoms with van der Waals surface area (Å²) in [6.07, 6.45) is 3.18. The molecule has 0 aliphatic carbocycles. The van der Waals surface area contributed by atoms with Gasteiger partial charge >= 0.3 is 0 Å². The fourth-order valence-electron chi connectivity index (χ4n) is 1.53. The summed E-state index contributed by atoms with van der Waals surface area (Å²) in [6.45, 7) is 5.26. The Hall–Kier alpha value is -1.49. The summed E-state index contributed by atoms with van der Waals surface area (Å²) in [4.78, 5) is 21.5. The summed E-state index contributed by atoms with van der Waals surface area (Å²) in [6, 6.07) is 0. The fourth-order valence-corrected chi connectivity index (χ4v) is 1.53. The van der Waals surface area contributed by atoms with E-state index in [2.05, 4.69) is 20.2 Å². The molecule has 0 amide bonds. The van der Waals surface area contributed by atoms with E-state index in [0.717, 1.165) is 26.2 Å². The first-order valence-corrected chi connectivity index (χ1v) is 5.06. The topological polar surface area (TPSA) is 58.1 Å². The lowest BCUT2D eigenvalue weighted by Crippen LogP contribution is -2.44. The molecule has 0 radical (unpaired) electrons. The van der Waals surface area contributed by atoms with Crippen LogP contribution in [-0.4, -0.2) is 41.9 Å². The first kappa shape index (κ1) is 10.0. The molecule has 15 heavy (non-hydrogen) atoms. The van der Waals surface area contributed by atoms with Gasteiger partial charge in [-0.1, -0.05) is 0 Å². The molecule has 0 atom stereocenters. The fraction of sp³-hybridized carbons (Fsp3) is 0.500. The van der Waals surface area contributed by atoms with Crippen molar-refractivity contribution in [1.29, 1.82) is 0 Å². The second kappa shape index (κ2) is 4.35. The summed E-state index contributed by atoms with van der Waals surface area (Å²) >= 11 is 0. The molecule has 0 saturated carbocycles. The van der Waals surface area contributed by atoms with E-state index in [1.807, 2.05) is 0 Å². The molecule has 1 aliphatic rings. The van der Waals surface area contributed by atoms with Crippen LogP contribution in [0.4, 0.5) is 5.95 Å². The van der Waals surface area contributed by atoms with E-state index in [1.54, 1.807) is 12.4 Å². The van der Waals surface area contributed by atoms with Gasteiger partial charge in [0.05, 0.1) is 5.56 Å². The van der Waals surface area contributed by atoms with Crippen LogP contribution in [0, 0.1) is 0 Å². The third-order valence-corrected chi connectivity index (χ3v) is 2.44. The Morgan fingerprint density at radius 3 is 2.47 bits per heavy atom. The second-order valence-electron chi connectivity index (χ2n) is 3.56. The molecule has 1 aliphatic heterocycles. The third kappa shape index (κ3) is 2.30. The van der Waals surface area contributed by atoms with Crippen molar-refractivity contribution >= 4 is 11.7 Å².